The normalized spacial score (nSPS) is 45.0. The average Bonchev–Trinajstić information content (AvgIpc) is 2.16. The number of hydrogen-bond acceptors (Lipinski definition) is 2. The summed E-state index contributed by atoms with van der Waals surface area (Å²) in [7, 11) is 0. The van der Waals surface area contributed by atoms with Gasteiger partial charge in [0.1, 0.15) is 0 Å². The molecule has 4 rings (SSSR count). The van der Waals surface area contributed by atoms with Crippen molar-refractivity contribution in [3.8, 4) is 0 Å². The highest BCUT2D eigenvalue weighted by atomic mass is 16.3. The Hall–Kier alpha value is -0.340. The van der Waals surface area contributed by atoms with E-state index in [-0.39, 0.29) is 13.2 Å². The first kappa shape index (κ1) is 8.93. The van der Waals surface area contributed by atoms with E-state index in [0.717, 1.165) is 11.8 Å². The summed E-state index contributed by atoms with van der Waals surface area (Å²) >= 11 is 0. The monoisotopic (exact) mass is 194 g/mol. The second-order valence-corrected chi connectivity index (χ2v) is 5.06. The molecular formula is C12H18O2. The Labute approximate surface area is 84.6 Å². The summed E-state index contributed by atoms with van der Waals surface area (Å²) in [4.78, 5) is 0. The van der Waals surface area contributed by atoms with E-state index in [1.54, 1.807) is 0 Å². The van der Waals surface area contributed by atoms with Gasteiger partial charge in [-0.15, -0.1) is 0 Å². The van der Waals surface area contributed by atoms with Crippen LogP contribution in [0.2, 0.25) is 0 Å². The third-order valence-electron chi connectivity index (χ3n) is 4.85. The molecule has 2 N–H and O–H groups in total. The van der Waals surface area contributed by atoms with Gasteiger partial charge in [-0.25, -0.2) is 0 Å². The van der Waals surface area contributed by atoms with Gasteiger partial charge in [-0.2, -0.15) is 0 Å². The zero-order valence-electron chi connectivity index (χ0n) is 8.45. The van der Waals surface area contributed by atoms with Gasteiger partial charge >= 0.3 is 0 Å². The molecule has 0 saturated heterocycles. The first-order valence-electron chi connectivity index (χ1n) is 5.80. The van der Waals surface area contributed by atoms with Crippen LogP contribution in [-0.4, -0.2) is 23.4 Å². The van der Waals surface area contributed by atoms with Gasteiger partial charge in [-0.1, -0.05) is 0 Å². The summed E-state index contributed by atoms with van der Waals surface area (Å²) in [5, 5.41) is 18.7. The van der Waals surface area contributed by atoms with Crippen LogP contribution in [0.25, 0.3) is 0 Å². The van der Waals surface area contributed by atoms with E-state index in [1.807, 2.05) is 0 Å². The third kappa shape index (κ3) is 0.934. The van der Waals surface area contributed by atoms with Gasteiger partial charge in [0, 0.05) is 0 Å². The quantitative estimate of drug-likeness (QED) is 0.651. The first-order chi connectivity index (χ1) is 6.86. The zero-order chi connectivity index (χ0) is 9.71. The molecule has 0 spiro atoms. The van der Waals surface area contributed by atoms with Crippen LogP contribution in [0.15, 0.2) is 11.1 Å². The topological polar surface area (TPSA) is 40.5 Å². The molecule has 78 valence electrons. The molecule has 0 amide bonds. The van der Waals surface area contributed by atoms with E-state index >= 15 is 0 Å². The van der Waals surface area contributed by atoms with Gasteiger partial charge in [0.15, 0.2) is 0 Å². The molecule has 0 aromatic rings. The van der Waals surface area contributed by atoms with Crippen LogP contribution in [0, 0.1) is 23.7 Å². The molecule has 0 aromatic heterocycles. The Morgan fingerprint density at radius 3 is 1.50 bits per heavy atom. The number of fused-ring (bicyclic) bond motifs is 1. The third-order valence-corrected chi connectivity index (χ3v) is 4.85. The molecule has 4 atom stereocenters. The van der Waals surface area contributed by atoms with Gasteiger partial charge in [-0.3, -0.25) is 0 Å². The lowest BCUT2D eigenvalue weighted by Gasteiger charge is -2.56. The molecule has 0 aliphatic heterocycles. The standard InChI is InChI=1S/C12H18O2/c13-5-11-9-3-4-10(12(11)6-14)8-2-1-7(8)9/h7-10,13-14H,1-6H2/t7-,8+,9-,10+. The fourth-order valence-electron chi connectivity index (χ4n) is 4.12. The lowest BCUT2D eigenvalue weighted by atomic mass is 9.49. The number of aliphatic hydroxyl groups excluding tert-OH is 2. The number of rotatable bonds is 2. The van der Waals surface area contributed by atoms with Crippen LogP contribution < -0.4 is 0 Å². The van der Waals surface area contributed by atoms with Crippen molar-refractivity contribution < 1.29 is 10.2 Å². The van der Waals surface area contributed by atoms with E-state index < -0.39 is 0 Å². The molecule has 14 heavy (non-hydrogen) atoms. The molecular weight excluding hydrogens is 176 g/mol. The Bertz CT molecular complexity index is 254. The van der Waals surface area contributed by atoms with Crippen molar-refractivity contribution in [3.63, 3.8) is 0 Å². The van der Waals surface area contributed by atoms with Crippen molar-refractivity contribution in [2.24, 2.45) is 23.7 Å². The smallest absolute Gasteiger partial charge is 0.0648 e. The van der Waals surface area contributed by atoms with E-state index in [2.05, 4.69) is 0 Å². The fourth-order valence-corrected chi connectivity index (χ4v) is 4.12. The van der Waals surface area contributed by atoms with E-state index in [9.17, 15) is 10.2 Å². The molecule has 0 unspecified atom stereocenters. The summed E-state index contributed by atoms with van der Waals surface area (Å²) in [5.74, 6) is 2.94. The molecule has 4 aliphatic carbocycles. The summed E-state index contributed by atoms with van der Waals surface area (Å²) in [6, 6.07) is 0. The first-order valence-corrected chi connectivity index (χ1v) is 5.80. The minimum Gasteiger partial charge on any atom is -0.392 e. The van der Waals surface area contributed by atoms with Crippen LogP contribution in [-0.2, 0) is 0 Å². The van der Waals surface area contributed by atoms with Crippen molar-refractivity contribution >= 4 is 0 Å². The maximum absolute atomic E-state index is 9.37. The Kier molecular flexibility index (Phi) is 1.96. The highest BCUT2D eigenvalue weighted by Gasteiger charge is 2.51. The van der Waals surface area contributed by atoms with Gasteiger partial charge < -0.3 is 10.2 Å². The Balaban J connectivity index is 2.01. The minimum atomic E-state index is 0.181. The molecule has 2 bridgehead atoms. The minimum absolute atomic E-state index is 0.181. The lowest BCUT2D eigenvalue weighted by molar-refractivity contribution is 0.00176. The maximum atomic E-state index is 9.37. The summed E-state index contributed by atoms with van der Waals surface area (Å²) in [6.07, 6.45) is 5.22. The van der Waals surface area contributed by atoms with Crippen molar-refractivity contribution in [1.82, 2.24) is 0 Å². The molecule has 0 aromatic carbocycles. The van der Waals surface area contributed by atoms with E-state index in [4.69, 9.17) is 0 Å². The molecule has 2 fully saturated rings. The second kappa shape index (κ2) is 3.07. The van der Waals surface area contributed by atoms with Crippen LogP contribution in [0.4, 0.5) is 0 Å². The van der Waals surface area contributed by atoms with E-state index in [0.29, 0.717) is 11.8 Å². The van der Waals surface area contributed by atoms with Crippen molar-refractivity contribution in [2.45, 2.75) is 25.7 Å². The maximum Gasteiger partial charge on any atom is 0.0648 e. The van der Waals surface area contributed by atoms with Crippen LogP contribution in [0.1, 0.15) is 25.7 Å². The number of aliphatic hydroxyl groups is 2. The highest BCUT2D eigenvalue weighted by Crippen LogP contribution is 2.59. The lowest BCUT2D eigenvalue weighted by Crippen LogP contribution is -2.48. The van der Waals surface area contributed by atoms with Crippen LogP contribution >= 0.6 is 0 Å². The second-order valence-electron chi connectivity index (χ2n) is 5.06. The van der Waals surface area contributed by atoms with Gasteiger partial charge in [0.2, 0.25) is 0 Å². The van der Waals surface area contributed by atoms with Crippen molar-refractivity contribution in [3.05, 3.63) is 11.1 Å². The highest BCUT2D eigenvalue weighted by molar-refractivity contribution is 5.31. The largest absolute Gasteiger partial charge is 0.392 e. The predicted molar refractivity (Wildman–Crippen MR) is 53.6 cm³/mol. The van der Waals surface area contributed by atoms with Gasteiger partial charge in [0.05, 0.1) is 13.2 Å². The van der Waals surface area contributed by atoms with Crippen LogP contribution in [0.5, 0.6) is 0 Å². The SMILES string of the molecule is OCC1=C(CO)[C@@H]2CC[C@H]1[C@H]1CC[C@H]12. The fraction of sp³-hybridized carbons (Fsp3) is 0.833. The average molecular weight is 194 g/mol. The molecule has 2 saturated carbocycles. The Morgan fingerprint density at radius 1 is 0.786 bits per heavy atom. The molecule has 2 nitrogen and oxygen atoms in total. The molecule has 0 radical (unpaired) electrons. The number of hydrogen-bond donors (Lipinski definition) is 2. The van der Waals surface area contributed by atoms with E-state index in [1.165, 1.54) is 36.8 Å². The molecule has 4 aliphatic rings. The van der Waals surface area contributed by atoms with Gasteiger partial charge in [-0.05, 0) is 60.5 Å². The molecule has 0 heterocycles. The summed E-state index contributed by atoms with van der Waals surface area (Å²) in [6.45, 7) is 0.362. The van der Waals surface area contributed by atoms with Crippen molar-refractivity contribution in [2.75, 3.05) is 13.2 Å². The summed E-state index contributed by atoms with van der Waals surface area (Å²) < 4.78 is 0. The molecule has 2 heteroatoms. The van der Waals surface area contributed by atoms with Crippen molar-refractivity contribution in [1.29, 1.82) is 0 Å². The summed E-state index contributed by atoms with van der Waals surface area (Å²) in [5.41, 5.74) is 2.40. The van der Waals surface area contributed by atoms with Crippen LogP contribution in [0.3, 0.4) is 0 Å². The predicted octanol–water partition coefficient (Wildman–Crippen LogP) is 1.33. The Morgan fingerprint density at radius 2 is 1.21 bits per heavy atom. The van der Waals surface area contributed by atoms with Gasteiger partial charge in [0.25, 0.3) is 0 Å². The zero-order valence-corrected chi connectivity index (χ0v) is 8.45.